The highest BCUT2D eigenvalue weighted by atomic mass is 32.2. The Morgan fingerprint density at radius 3 is 0.678 bits per heavy atom. The van der Waals surface area contributed by atoms with Crippen molar-refractivity contribution >= 4 is 107 Å². The average molecular weight is 1300 g/mol. The topological polar surface area (TPSA) is 364 Å². The van der Waals surface area contributed by atoms with Gasteiger partial charge in [0.05, 0.1) is 47.6 Å². The quantitative estimate of drug-likeness (QED) is 0.0550. The van der Waals surface area contributed by atoms with Gasteiger partial charge in [0.15, 0.2) is 54.9 Å². The molecule has 0 amide bonds. The molecule has 0 spiro atoms. The molecule has 15 atom stereocenters. The van der Waals surface area contributed by atoms with Crippen LogP contribution >= 0.6 is 35.3 Å². The fourth-order valence-corrected chi connectivity index (χ4v) is 14.8. The van der Waals surface area contributed by atoms with Crippen molar-refractivity contribution in [2.45, 2.75) is 208 Å². The number of esters is 12. The van der Waals surface area contributed by atoms with Gasteiger partial charge < -0.3 is 76.2 Å². The molecule has 1 N–H and O–H groups in total. The van der Waals surface area contributed by atoms with Gasteiger partial charge in [-0.1, -0.05) is 0 Å². The van der Waals surface area contributed by atoms with E-state index in [0.717, 1.165) is 41.5 Å². The molecule has 0 aromatic heterocycles. The normalized spacial score (nSPS) is 26.9. The molecule has 0 aliphatic carbocycles. The summed E-state index contributed by atoms with van der Waals surface area (Å²) in [7, 11) is 0. The lowest BCUT2D eigenvalue weighted by Crippen LogP contribution is -2.58. The Morgan fingerprint density at radius 1 is 0.299 bits per heavy atom. The molecule has 494 valence electrons. The lowest BCUT2D eigenvalue weighted by atomic mass is 9.92. The summed E-state index contributed by atoms with van der Waals surface area (Å²) in [5, 5.41) is 7.09. The Labute approximate surface area is 518 Å². The second-order valence-electron chi connectivity index (χ2n) is 21.0. The van der Waals surface area contributed by atoms with Crippen LogP contribution in [0.1, 0.15) is 122 Å². The third-order valence-corrected chi connectivity index (χ3v) is 18.0. The Balaban J connectivity index is 1.91. The fourth-order valence-electron chi connectivity index (χ4n) is 9.94. The molecule has 3 rings (SSSR count). The second kappa shape index (κ2) is 38.2. The SMILES string of the molecule is CC(=O)OC[C@@H]1S[C@H](CCCOCC(CO)(COCCC[C@H]2S[C@@H](COC(C)=O)[C@@H](OC(C)=O)[C@H](OC(C)=O)[C@@H]2OC(C)=O)COCCC[C@H]2S[C@@H](COC(C)=O)[C@@H](OC(C)=O)[C@H](OC(C)=O)[C@@H]2OC(C)=O)[C@@H](OC(C)=O)[C@@H](OC(C)=O)[C@@H]1OC(C)=O. The van der Waals surface area contributed by atoms with Gasteiger partial charge in [0, 0.05) is 119 Å². The number of hydrogen-bond donors (Lipinski definition) is 1. The number of rotatable bonds is 34. The van der Waals surface area contributed by atoms with E-state index in [4.69, 9.17) is 71.1 Å². The first-order chi connectivity index (χ1) is 40.9. The maximum absolute atomic E-state index is 12.5. The number of aliphatic hydroxyl groups is 1. The molecule has 3 aliphatic heterocycles. The van der Waals surface area contributed by atoms with Gasteiger partial charge in [-0.3, -0.25) is 57.5 Å². The number of hydrogen-bond acceptors (Lipinski definition) is 31. The molecule has 0 radical (unpaired) electrons. The molecule has 31 heteroatoms. The maximum atomic E-state index is 12.5. The van der Waals surface area contributed by atoms with E-state index in [1.54, 1.807) is 0 Å². The van der Waals surface area contributed by atoms with Gasteiger partial charge in [0.2, 0.25) is 0 Å². The first-order valence-corrected chi connectivity index (χ1v) is 31.0. The summed E-state index contributed by atoms with van der Waals surface area (Å²) in [5.74, 6) is -8.40. The molecular formula is C56H84O28S3. The molecule has 3 saturated heterocycles. The number of carbonyl (C=O) groups is 12. The zero-order valence-corrected chi connectivity index (χ0v) is 53.6. The highest BCUT2D eigenvalue weighted by Crippen LogP contribution is 2.43. The van der Waals surface area contributed by atoms with Crippen LogP contribution in [0.15, 0.2) is 0 Å². The van der Waals surface area contributed by atoms with E-state index >= 15 is 0 Å². The highest BCUT2D eigenvalue weighted by Gasteiger charge is 2.54. The minimum absolute atomic E-state index is 0.0391. The van der Waals surface area contributed by atoms with Crippen LogP contribution < -0.4 is 0 Å². The van der Waals surface area contributed by atoms with Crippen LogP contribution in [0.3, 0.4) is 0 Å². The first-order valence-electron chi connectivity index (χ1n) is 28.2. The van der Waals surface area contributed by atoms with Crippen molar-refractivity contribution in [2.75, 3.05) is 66.1 Å². The molecule has 28 nitrogen and oxygen atoms in total. The average Bonchev–Trinajstić information content (AvgIpc) is 0.985. The summed E-state index contributed by atoms with van der Waals surface area (Å²) in [6.07, 6.45) is -9.09. The lowest BCUT2D eigenvalue weighted by Gasteiger charge is -2.44. The summed E-state index contributed by atoms with van der Waals surface area (Å²) in [5.41, 5.74) is -1.26. The maximum Gasteiger partial charge on any atom is 0.303 e. The van der Waals surface area contributed by atoms with E-state index in [1.165, 1.54) is 76.8 Å². The Bertz CT molecular complexity index is 2090. The van der Waals surface area contributed by atoms with Crippen LogP contribution in [-0.4, -0.2) is 229 Å². The van der Waals surface area contributed by atoms with E-state index in [0.29, 0.717) is 0 Å². The third-order valence-electron chi connectivity index (χ3n) is 13.2. The van der Waals surface area contributed by atoms with Crippen molar-refractivity contribution in [3.05, 3.63) is 0 Å². The van der Waals surface area contributed by atoms with Gasteiger partial charge in [-0.15, -0.1) is 35.3 Å². The predicted octanol–water partition coefficient (Wildman–Crippen LogP) is 2.88. The van der Waals surface area contributed by atoms with Crippen LogP contribution in [0.2, 0.25) is 0 Å². The monoisotopic (exact) mass is 1300 g/mol. The molecule has 0 aromatic rings. The van der Waals surface area contributed by atoms with Crippen molar-refractivity contribution in [1.82, 2.24) is 0 Å². The van der Waals surface area contributed by atoms with Crippen LogP contribution in [-0.2, 0) is 129 Å². The van der Waals surface area contributed by atoms with Crippen molar-refractivity contribution in [2.24, 2.45) is 5.41 Å². The van der Waals surface area contributed by atoms with Crippen LogP contribution in [0, 0.1) is 5.41 Å². The Kier molecular flexibility index (Phi) is 33.2. The van der Waals surface area contributed by atoms with Gasteiger partial charge >= 0.3 is 71.6 Å². The number of ether oxygens (including phenoxy) is 15. The fraction of sp³-hybridized carbons (Fsp3) is 0.786. The number of aliphatic hydroxyl groups excluding tert-OH is 1. The van der Waals surface area contributed by atoms with Crippen LogP contribution in [0.5, 0.6) is 0 Å². The summed E-state index contributed by atoms with van der Waals surface area (Å²) >= 11 is 3.64. The third kappa shape index (κ3) is 27.0. The zero-order valence-electron chi connectivity index (χ0n) is 51.2. The summed E-state index contributed by atoms with van der Waals surface area (Å²) in [6, 6.07) is 0. The molecule has 3 aliphatic rings. The minimum Gasteiger partial charge on any atom is -0.465 e. The zero-order chi connectivity index (χ0) is 65.1. The standard InChI is InChI=1S/C56H84O28S3/c1-29(58)73-22-44-50(79-35(7)64)53(82-38(10)67)47(76-32(4)61)41(85-44)16-13-19-70-26-56(25-57,27-71-20-14-17-42-48(77-33(5)62)54(83-39(11)68)51(80-36(8)65)45(86-42)23-74-30(2)59)28-72-21-15-18-43-49(78-34(6)63)55(84-40(12)69)52(81-37(9)66)46(87-43)24-75-31(3)60/h41-55,57H,13-28H2,1-12H3/t41-,42-,43-,44+,45+,46+,47-,48-,49-,50-,51-,52-,53-,54-,55-/m1/s1. The van der Waals surface area contributed by atoms with E-state index in [1.807, 2.05) is 0 Å². The van der Waals surface area contributed by atoms with Crippen molar-refractivity contribution < 1.29 is 134 Å². The largest absolute Gasteiger partial charge is 0.465 e. The molecule has 0 aromatic carbocycles. The molecule has 0 bridgehead atoms. The number of thioether (sulfide) groups is 3. The van der Waals surface area contributed by atoms with E-state index in [2.05, 4.69) is 0 Å². The van der Waals surface area contributed by atoms with E-state index in [9.17, 15) is 62.6 Å². The summed E-state index contributed by atoms with van der Waals surface area (Å²) < 4.78 is 85.4. The Hall–Kier alpha value is -5.47. The number of carbonyl (C=O) groups excluding carboxylic acids is 12. The molecule has 0 saturated carbocycles. The van der Waals surface area contributed by atoms with Crippen molar-refractivity contribution in [1.29, 1.82) is 0 Å². The van der Waals surface area contributed by atoms with E-state index in [-0.39, 0.29) is 98.0 Å². The van der Waals surface area contributed by atoms with Gasteiger partial charge in [0.1, 0.15) is 19.8 Å². The first kappa shape index (κ1) is 75.8. The molecule has 3 fully saturated rings. The summed E-state index contributed by atoms with van der Waals surface area (Å²) in [6.45, 7) is 12.4. The molecule has 3 heterocycles. The minimum atomic E-state index is -1.28. The van der Waals surface area contributed by atoms with Gasteiger partial charge in [-0.2, -0.15) is 0 Å². The van der Waals surface area contributed by atoms with E-state index < -0.39 is 170 Å². The smallest absolute Gasteiger partial charge is 0.303 e. The van der Waals surface area contributed by atoms with Crippen LogP contribution in [0.25, 0.3) is 0 Å². The molecular weight excluding hydrogens is 1220 g/mol. The van der Waals surface area contributed by atoms with Crippen molar-refractivity contribution in [3.63, 3.8) is 0 Å². The van der Waals surface area contributed by atoms with Gasteiger partial charge in [0.25, 0.3) is 0 Å². The lowest BCUT2D eigenvalue weighted by molar-refractivity contribution is -0.186. The second-order valence-corrected chi connectivity index (χ2v) is 25.4. The predicted molar refractivity (Wildman–Crippen MR) is 305 cm³/mol. The summed E-state index contributed by atoms with van der Waals surface area (Å²) in [4.78, 5) is 148. The highest BCUT2D eigenvalue weighted by molar-refractivity contribution is 8.01. The Morgan fingerprint density at radius 2 is 0.494 bits per heavy atom. The van der Waals surface area contributed by atoms with Crippen LogP contribution in [0.4, 0.5) is 0 Å². The van der Waals surface area contributed by atoms with Crippen molar-refractivity contribution in [3.8, 4) is 0 Å². The molecule has 0 unspecified atom stereocenters. The molecule has 87 heavy (non-hydrogen) atoms. The van der Waals surface area contributed by atoms with Gasteiger partial charge in [-0.05, 0) is 38.5 Å². The van der Waals surface area contributed by atoms with Gasteiger partial charge in [-0.25, -0.2) is 0 Å².